The van der Waals surface area contributed by atoms with Gasteiger partial charge in [0.25, 0.3) is 0 Å². The van der Waals surface area contributed by atoms with Crippen LogP contribution in [0.3, 0.4) is 0 Å². The van der Waals surface area contributed by atoms with Crippen molar-refractivity contribution in [1.82, 2.24) is 19.8 Å². The molecule has 2 aromatic carbocycles. The van der Waals surface area contributed by atoms with Gasteiger partial charge in [-0.05, 0) is 75.7 Å². The Bertz CT molecular complexity index is 962. The smallest absolute Gasteiger partial charge is 0.368 e. The largest absolute Gasteiger partial charge is 0.489 e. The molecule has 25 heavy (non-hydrogen) atoms. The van der Waals surface area contributed by atoms with Gasteiger partial charge < -0.3 is 4.74 Å². The van der Waals surface area contributed by atoms with Crippen LogP contribution in [0, 0.1) is 10.5 Å². The summed E-state index contributed by atoms with van der Waals surface area (Å²) in [5.41, 5.74) is 3.69. The zero-order valence-electron chi connectivity index (χ0n) is 14.4. The number of hydrogen-bond donors (Lipinski definition) is 0. The van der Waals surface area contributed by atoms with Crippen LogP contribution in [0.25, 0.3) is 5.69 Å². The van der Waals surface area contributed by atoms with Crippen molar-refractivity contribution in [2.24, 2.45) is 7.05 Å². The molecular formula is C18H19IN4O2. The normalized spacial score (nSPS) is 10.9. The summed E-state index contributed by atoms with van der Waals surface area (Å²) in [4.78, 5) is 12.2. The minimum Gasteiger partial charge on any atom is -0.489 e. The summed E-state index contributed by atoms with van der Waals surface area (Å²) in [6, 6.07) is 11.9. The van der Waals surface area contributed by atoms with Gasteiger partial charge in [-0.25, -0.2) is 4.79 Å². The van der Waals surface area contributed by atoms with Crippen LogP contribution in [0.4, 0.5) is 0 Å². The second-order valence-corrected chi connectivity index (χ2v) is 6.94. The van der Waals surface area contributed by atoms with Gasteiger partial charge in [-0.15, -0.1) is 0 Å². The Balaban J connectivity index is 1.93. The van der Waals surface area contributed by atoms with Crippen LogP contribution in [-0.2, 0) is 20.1 Å². The van der Waals surface area contributed by atoms with Crippen LogP contribution in [0.15, 0.2) is 41.2 Å². The van der Waals surface area contributed by atoms with E-state index in [0.717, 1.165) is 26.9 Å². The molecule has 0 radical (unpaired) electrons. The summed E-state index contributed by atoms with van der Waals surface area (Å²) in [5.74, 6) is 0.842. The maximum atomic E-state index is 12.2. The molecule has 0 unspecified atom stereocenters. The molecule has 0 aliphatic heterocycles. The van der Waals surface area contributed by atoms with Crippen molar-refractivity contribution in [1.29, 1.82) is 0 Å². The molecule has 0 N–H and O–H groups in total. The zero-order valence-corrected chi connectivity index (χ0v) is 16.5. The van der Waals surface area contributed by atoms with Crippen LogP contribution >= 0.6 is 22.6 Å². The monoisotopic (exact) mass is 450 g/mol. The number of tetrazole rings is 1. The zero-order chi connectivity index (χ0) is 18.0. The minimum absolute atomic E-state index is 0.285. The second kappa shape index (κ2) is 7.38. The molecule has 130 valence electrons. The molecule has 7 heteroatoms. The Labute approximate surface area is 159 Å². The lowest BCUT2D eigenvalue weighted by atomic mass is 10.1. The van der Waals surface area contributed by atoms with E-state index >= 15 is 0 Å². The molecule has 0 bridgehead atoms. The number of nitrogens with zero attached hydrogens (tertiary/aromatic N) is 4. The van der Waals surface area contributed by atoms with Gasteiger partial charge in [-0.1, -0.05) is 25.1 Å². The molecule has 6 nitrogen and oxygen atoms in total. The SMILES string of the molecule is CCc1ccc(OCc2c(I)cccc2-n2nnn(C)c2=O)c(C)c1. The maximum absolute atomic E-state index is 12.2. The molecule has 0 fully saturated rings. The predicted molar refractivity (Wildman–Crippen MR) is 104 cm³/mol. The number of hydrogen-bond acceptors (Lipinski definition) is 4. The van der Waals surface area contributed by atoms with Gasteiger partial charge in [-0.3, -0.25) is 0 Å². The Morgan fingerprint density at radius 1 is 1.20 bits per heavy atom. The van der Waals surface area contributed by atoms with Gasteiger partial charge in [0, 0.05) is 16.2 Å². The van der Waals surface area contributed by atoms with Crippen LogP contribution in [0.5, 0.6) is 5.75 Å². The van der Waals surface area contributed by atoms with E-state index in [4.69, 9.17) is 4.74 Å². The van der Waals surface area contributed by atoms with Crippen LogP contribution in [0.1, 0.15) is 23.6 Å². The summed E-state index contributed by atoms with van der Waals surface area (Å²) < 4.78 is 9.55. The third kappa shape index (κ3) is 3.60. The lowest BCUT2D eigenvalue weighted by Gasteiger charge is -2.14. The fourth-order valence-corrected chi connectivity index (χ4v) is 3.24. The number of halogens is 1. The number of aryl methyl sites for hydroxylation is 3. The summed E-state index contributed by atoms with van der Waals surface area (Å²) in [6.07, 6.45) is 0.997. The molecule has 0 aliphatic rings. The average molecular weight is 450 g/mol. The number of ether oxygens (including phenoxy) is 1. The van der Waals surface area contributed by atoms with Crippen molar-refractivity contribution in [2.75, 3.05) is 0 Å². The maximum Gasteiger partial charge on any atom is 0.368 e. The van der Waals surface area contributed by atoms with E-state index in [9.17, 15) is 4.79 Å². The van der Waals surface area contributed by atoms with Crippen molar-refractivity contribution in [3.8, 4) is 11.4 Å². The first-order chi connectivity index (χ1) is 12.0. The predicted octanol–water partition coefficient (Wildman–Crippen LogP) is 3.02. The van der Waals surface area contributed by atoms with Crippen LogP contribution in [0.2, 0.25) is 0 Å². The van der Waals surface area contributed by atoms with Crippen molar-refractivity contribution >= 4 is 22.6 Å². The molecule has 1 heterocycles. The van der Waals surface area contributed by atoms with Crippen molar-refractivity contribution < 1.29 is 4.74 Å². The van der Waals surface area contributed by atoms with E-state index in [1.54, 1.807) is 7.05 Å². The second-order valence-electron chi connectivity index (χ2n) is 5.78. The molecule has 3 aromatic rings. The third-order valence-electron chi connectivity index (χ3n) is 4.06. The van der Waals surface area contributed by atoms with Crippen molar-refractivity contribution in [3.63, 3.8) is 0 Å². The molecule has 0 atom stereocenters. The van der Waals surface area contributed by atoms with E-state index in [1.165, 1.54) is 14.9 Å². The first-order valence-corrected chi connectivity index (χ1v) is 9.08. The summed E-state index contributed by atoms with van der Waals surface area (Å²) in [5, 5.41) is 7.73. The Morgan fingerprint density at radius 2 is 2.00 bits per heavy atom. The first kappa shape index (κ1) is 17.7. The van der Waals surface area contributed by atoms with Gasteiger partial charge in [0.1, 0.15) is 12.4 Å². The van der Waals surface area contributed by atoms with E-state index < -0.39 is 0 Å². The molecule has 0 aliphatic carbocycles. The fraction of sp³-hybridized carbons (Fsp3) is 0.278. The summed E-state index contributed by atoms with van der Waals surface area (Å²) in [7, 11) is 1.58. The minimum atomic E-state index is -0.285. The topological polar surface area (TPSA) is 61.9 Å². The van der Waals surface area contributed by atoms with E-state index in [-0.39, 0.29) is 5.69 Å². The lowest BCUT2D eigenvalue weighted by molar-refractivity contribution is 0.302. The van der Waals surface area contributed by atoms with Gasteiger partial charge in [0.15, 0.2) is 0 Å². The number of rotatable bonds is 5. The summed E-state index contributed by atoms with van der Waals surface area (Å²) in [6.45, 7) is 4.52. The van der Waals surface area contributed by atoms with E-state index in [0.29, 0.717) is 12.3 Å². The van der Waals surface area contributed by atoms with Gasteiger partial charge in [0.2, 0.25) is 0 Å². The average Bonchev–Trinajstić information content (AvgIpc) is 2.93. The molecule has 3 rings (SSSR count). The molecule has 0 amide bonds. The van der Waals surface area contributed by atoms with Crippen molar-refractivity contribution in [2.45, 2.75) is 26.9 Å². The van der Waals surface area contributed by atoms with Gasteiger partial charge in [0.05, 0.1) is 5.69 Å². The van der Waals surface area contributed by atoms with Gasteiger partial charge in [-0.2, -0.15) is 9.36 Å². The third-order valence-corrected chi connectivity index (χ3v) is 5.07. The highest BCUT2D eigenvalue weighted by Gasteiger charge is 2.14. The Morgan fingerprint density at radius 3 is 2.64 bits per heavy atom. The van der Waals surface area contributed by atoms with Gasteiger partial charge >= 0.3 is 5.69 Å². The van der Waals surface area contributed by atoms with Crippen LogP contribution in [-0.4, -0.2) is 19.8 Å². The molecule has 0 saturated heterocycles. The van der Waals surface area contributed by atoms with E-state index in [1.807, 2.05) is 31.2 Å². The molecular weight excluding hydrogens is 431 g/mol. The lowest BCUT2D eigenvalue weighted by Crippen LogP contribution is -2.23. The number of benzene rings is 2. The standard InChI is InChI=1S/C18H19IN4O2/c1-4-13-8-9-17(12(2)10-13)25-11-14-15(19)6-5-7-16(14)23-18(24)22(3)20-21-23/h5-10H,4,11H2,1-3H3. The highest BCUT2D eigenvalue weighted by atomic mass is 127. The quantitative estimate of drug-likeness (QED) is 0.561. The Hall–Kier alpha value is -2.16. The van der Waals surface area contributed by atoms with Crippen molar-refractivity contribution in [3.05, 3.63) is 67.1 Å². The van der Waals surface area contributed by atoms with Crippen LogP contribution < -0.4 is 10.4 Å². The highest BCUT2D eigenvalue weighted by molar-refractivity contribution is 14.1. The number of aromatic nitrogens is 4. The van der Waals surface area contributed by atoms with E-state index in [2.05, 4.69) is 52.1 Å². The molecule has 0 saturated carbocycles. The first-order valence-electron chi connectivity index (χ1n) is 8.00. The Kier molecular flexibility index (Phi) is 5.22. The summed E-state index contributed by atoms with van der Waals surface area (Å²) >= 11 is 2.24. The highest BCUT2D eigenvalue weighted by Crippen LogP contribution is 2.24. The fourth-order valence-electron chi connectivity index (χ4n) is 2.60. The molecule has 1 aromatic heterocycles. The molecule has 0 spiro atoms.